The third kappa shape index (κ3) is 4.77. The van der Waals surface area contributed by atoms with Gasteiger partial charge in [-0.3, -0.25) is 4.90 Å². The van der Waals surface area contributed by atoms with Gasteiger partial charge in [-0.15, -0.1) is 11.3 Å². The van der Waals surface area contributed by atoms with Crippen molar-refractivity contribution in [2.45, 2.75) is 26.5 Å². The second-order valence-corrected chi connectivity index (χ2v) is 8.91. The molecule has 0 radical (unpaired) electrons. The summed E-state index contributed by atoms with van der Waals surface area (Å²) < 4.78 is 6.07. The molecule has 1 saturated heterocycles. The number of thiazole rings is 1. The first-order valence-electron chi connectivity index (χ1n) is 10.1. The zero-order valence-electron chi connectivity index (χ0n) is 17.9. The van der Waals surface area contributed by atoms with E-state index in [1.807, 2.05) is 51.5 Å². The lowest BCUT2D eigenvalue weighted by molar-refractivity contribution is -0.0349. The van der Waals surface area contributed by atoms with Gasteiger partial charge in [0.2, 0.25) is 0 Å². The average Bonchev–Trinajstić information content (AvgIpc) is 3.05. The second-order valence-electron chi connectivity index (χ2n) is 7.71. The zero-order valence-corrected chi connectivity index (χ0v) is 18.7. The Hall–Kier alpha value is -2.55. The van der Waals surface area contributed by atoms with E-state index in [1.54, 1.807) is 11.3 Å². The van der Waals surface area contributed by atoms with E-state index in [-0.39, 0.29) is 6.10 Å². The number of pyridine rings is 2. The molecule has 1 fully saturated rings. The molecule has 0 aromatic carbocycles. The van der Waals surface area contributed by atoms with Crippen molar-refractivity contribution < 1.29 is 4.74 Å². The summed E-state index contributed by atoms with van der Waals surface area (Å²) in [4.78, 5) is 19.6. The van der Waals surface area contributed by atoms with Crippen LogP contribution in [0.4, 0.5) is 16.8 Å². The lowest BCUT2D eigenvalue weighted by atomic mass is 10.1. The number of rotatable bonds is 6. The molecule has 3 aromatic heterocycles. The number of hydrogen-bond donors (Lipinski definition) is 1. The van der Waals surface area contributed by atoms with Gasteiger partial charge in [0.05, 0.1) is 18.0 Å². The van der Waals surface area contributed by atoms with E-state index in [9.17, 15) is 0 Å². The quantitative estimate of drug-likeness (QED) is 0.643. The van der Waals surface area contributed by atoms with Gasteiger partial charge in [0, 0.05) is 50.4 Å². The lowest BCUT2D eigenvalue weighted by Crippen LogP contribution is -2.38. The van der Waals surface area contributed by atoms with Crippen molar-refractivity contribution in [2.24, 2.45) is 0 Å². The highest BCUT2D eigenvalue weighted by Gasteiger charge is 2.24. The van der Waals surface area contributed by atoms with E-state index >= 15 is 0 Å². The Balaban J connectivity index is 1.46. The predicted octanol–water partition coefficient (Wildman–Crippen LogP) is 3.93. The lowest BCUT2D eigenvalue weighted by Gasteiger charge is -2.33. The van der Waals surface area contributed by atoms with Crippen molar-refractivity contribution in [3.05, 3.63) is 58.4 Å². The molecule has 1 aliphatic heterocycles. The van der Waals surface area contributed by atoms with Crippen LogP contribution in [0.5, 0.6) is 0 Å². The van der Waals surface area contributed by atoms with Crippen LogP contribution in [0.3, 0.4) is 0 Å². The van der Waals surface area contributed by atoms with Crippen LogP contribution in [0.1, 0.15) is 27.9 Å². The summed E-state index contributed by atoms with van der Waals surface area (Å²) in [5.74, 6) is 1.81. The van der Waals surface area contributed by atoms with E-state index in [2.05, 4.69) is 38.1 Å². The number of anilines is 3. The largest absolute Gasteiger partial charge is 0.369 e. The maximum Gasteiger partial charge on any atom is 0.188 e. The molecule has 0 unspecified atom stereocenters. The van der Waals surface area contributed by atoms with Gasteiger partial charge in [-0.2, -0.15) is 0 Å². The minimum Gasteiger partial charge on any atom is -0.369 e. The topological polar surface area (TPSA) is 66.4 Å². The first-order chi connectivity index (χ1) is 14.5. The Morgan fingerprint density at radius 2 is 2.07 bits per heavy atom. The van der Waals surface area contributed by atoms with Gasteiger partial charge in [-0.1, -0.05) is 12.1 Å². The Bertz CT molecular complexity index is 985. The summed E-state index contributed by atoms with van der Waals surface area (Å²) >= 11 is 1.64. The third-order valence-electron chi connectivity index (χ3n) is 5.20. The van der Waals surface area contributed by atoms with E-state index in [4.69, 9.17) is 9.72 Å². The molecule has 0 aliphatic carbocycles. The third-order valence-corrected chi connectivity index (χ3v) is 6.19. The minimum atomic E-state index is -0.0558. The van der Waals surface area contributed by atoms with Gasteiger partial charge in [-0.25, -0.2) is 15.0 Å². The van der Waals surface area contributed by atoms with Gasteiger partial charge < -0.3 is 15.0 Å². The summed E-state index contributed by atoms with van der Waals surface area (Å²) in [6.45, 7) is 7.33. The molecule has 158 valence electrons. The number of ether oxygens (including phenoxy) is 1. The molecule has 0 saturated carbocycles. The van der Waals surface area contributed by atoms with Crippen LogP contribution in [-0.2, 0) is 11.3 Å². The number of nitrogens with zero attached hydrogens (tertiary/aromatic N) is 5. The van der Waals surface area contributed by atoms with Crippen LogP contribution >= 0.6 is 11.3 Å². The van der Waals surface area contributed by atoms with Gasteiger partial charge in [0.15, 0.2) is 5.13 Å². The Morgan fingerprint density at radius 3 is 2.83 bits per heavy atom. The van der Waals surface area contributed by atoms with Crippen molar-refractivity contribution >= 4 is 28.1 Å². The number of aromatic nitrogens is 3. The molecule has 4 heterocycles. The van der Waals surface area contributed by atoms with Crippen molar-refractivity contribution in [1.29, 1.82) is 0 Å². The van der Waals surface area contributed by atoms with Crippen LogP contribution in [-0.4, -0.2) is 53.6 Å². The first kappa shape index (κ1) is 20.7. The van der Waals surface area contributed by atoms with Crippen LogP contribution < -0.4 is 10.2 Å². The number of nitrogens with one attached hydrogen (secondary N) is 1. The van der Waals surface area contributed by atoms with Crippen molar-refractivity contribution in [3.8, 4) is 0 Å². The summed E-state index contributed by atoms with van der Waals surface area (Å²) in [5, 5.41) is 4.20. The first-order valence-corrected chi connectivity index (χ1v) is 10.9. The Kier molecular flexibility index (Phi) is 6.26. The van der Waals surface area contributed by atoms with Crippen molar-refractivity contribution in [2.75, 3.05) is 44.0 Å². The number of hydrogen-bond acceptors (Lipinski definition) is 8. The predicted molar refractivity (Wildman–Crippen MR) is 122 cm³/mol. The molecular weight excluding hydrogens is 396 g/mol. The highest BCUT2D eigenvalue weighted by Crippen LogP contribution is 2.27. The van der Waals surface area contributed by atoms with Gasteiger partial charge in [-0.05, 0) is 32.0 Å². The number of aryl methyl sites for hydroxylation is 2. The molecule has 30 heavy (non-hydrogen) atoms. The highest BCUT2D eigenvalue weighted by atomic mass is 32.1. The average molecular weight is 425 g/mol. The summed E-state index contributed by atoms with van der Waals surface area (Å²) in [6, 6.07) is 10.2. The summed E-state index contributed by atoms with van der Waals surface area (Å²) in [5.41, 5.74) is 3.21. The van der Waals surface area contributed by atoms with Gasteiger partial charge >= 0.3 is 0 Å². The Labute approximate surface area is 181 Å². The smallest absolute Gasteiger partial charge is 0.188 e. The number of morpholine rings is 1. The molecular formula is C22H28N6OS. The summed E-state index contributed by atoms with van der Waals surface area (Å²) in [7, 11) is 4.06. The molecule has 0 spiro atoms. The minimum absolute atomic E-state index is 0.0558. The molecule has 3 aromatic rings. The van der Waals surface area contributed by atoms with Crippen molar-refractivity contribution in [1.82, 2.24) is 19.9 Å². The summed E-state index contributed by atoms with van der Waals surface area (Å²) in [6.07, 6.45) is 1.79. The molecule has 4 rings (SSSR count). The fourth-order valence-corrected chi connectivity index (χ4v) is 4.38. The zero-order chi connectivity index (χ0) is 21.1. The molecule has 1 N–H and O–H groups in total. The fourth-order valence-electron chi connectivity index (χ4n) is 3.56. The molecule has 0 amide bonds. The maximum absolute atomic E-state index is 6.07. The van der Waals surface area contributed by atoms with E-state index in [0.29, 0.717) is 6.61 Å². The van der Waals surface area contributed by atoms with Gasteiger partial charge in [0.1, 0.15) is 17.7 Å². The van der Waals surface area contributed by atoms with Crippen LogP contribution in [0.15, 0.2) is 36.5 Å². The standard InChI is InChI=1S/C22H28N6OS/c1-15-16(2)30-22(24-15)26-20-9-5-8-18(25-20)19-14-28(11-12-29-19)13-17-7-6-10-23-21(17)27(3)4/h5-10,19H,11-14H2,1-4H3,(H,24,25,26)/t19-/m0/s1. The van der Waals surface area contributed by atoms with Gasteiger partial charge in [0.25, 0.3) is 0 Å². The maximum atomic E-state index is 6.07. The molecule has 0 bridgehead atoms. The highest BCUT2D eigenvalue weighted by molar-refractivity contribution is 7.15. The van der Waals surface area contributed by atoms with E-state index in [1.165, 1.54) is 10.4 Å². The van der Waals surface area contributed by atoms with Crippen LogP contribution in [0.25, 0.3) is 0 Å². The molecule has 8 heteroatoms. The fraction of sp³-hybridized carbons (Fsp3) is 0.409. The van der Waals surface area contributed by atoms with E-state index in [0.717, 1.165) is 47.8 Å². The monoisotopic (exact) mass is 424 g/mol. The van der Waals surface area contributed by atoms with E-state index < -0.39 is 0 Å². The SMILES string of the molecule is Cc1nc(Nc2cccc([C@@H]3CN(Cc4cccnc4N(C)C)CCO3)n2)sc1C. The normalized spacial score (nSPS) is 17.1. The molecule has 1 aliphatic rings. The Morgan fingerprint density at radius 1 is 1.20 bits per heavy atom. The molecule has 1 atom stereocenters. The molecule has 7 nitrogen and oxygen atoms in total. The van der Waals surface area contributed by atoms with Crippen molar-refractivity contribution in [3.63, 3.8) is 0 Å². The second kappa shape index (κ2) is 9.07. The van der Waals surface area contributed by atoms with Crippen LogP contribution in [0, 0.1) is 13.8 Å². The van der Waals surface area contributed by atoms with Crippen LogP contribution in [0.2, 0.25) is 0 Å².